The largest absolute Gasteiger partial charge is 0.335 e. The fraction of sp³-hybridized carbons (Fsp3) is 0.333. The van der Waals surface area contributed by atoms with Gasteiger partial charge in [-0.15, -0.1) is 32.9 Å². The van der Waals surface area contributed by atoms with Gasteiger partial charge < -0.3 is 11.2 Å². The van der Waals surface area contributed by atoms with E-state index in [1.165, 1.54) is 44.0 Å². The molecule has 1 amide bonds. The average molecular weight is 431 g/mol. The second kappa shape index (κ2) is 7.95. The Bertz CT molecular complexity index is 1050. The van der Waals surface area contributed by atoms with E-state index in [1.807, 2.05) is 17.5 Å². The second-order valence-electron chi connectivity index (χ2n) is 6.66. The minimum atomic E-state index is -0.186. The molecule has 0 spiro atoms. The molecule has 3 heterocycles. The molecule has 10 heteroatoms. The highest BCUT2D eigenvalue weighted by Gasteiger charge is 2.25. The van der Waals surface area contributed by atoms with Crippen LogP contribution in [0.25, 0.3) is 10.7 Å². The molecule has 1 atom stereocenters. The minimum absolute atomic E-state index is 0.142. The van der Waals surface area contributed by atoms with Gasteiger partial charge in [0.1, 0.15) is 11.1 Å². The number of anilines is 1. The first-order chi connectivity index (χ1) is 13.6. The molecule has 0 radical (unpaired) electrons. The molecule has 1 aliphatic carbocycles. The minimum Gasteiger partial charge on any atom is -0.335 e. The monoisotopic (exact) mass is 430 g/mol. The number of nitrogens with two attached hydrogens (primary N) is 1. The SMILES string of the molecule is C[C@H]1CCc2c(sc(NC(=O)CSc3nnc(-c4cccs4)n3N)c2C#N)C1. The number of amides is 1. The highest BCUT2D eigenvalue weighted by atomic mass is 32.2. The van der Waals surface area contributed by atoms with Gasteiger partial charge >= 0.3 is 0 Å². The Hall–Kier alpha value is -2.35. The molecule has 4 rings (SSSR count). The summed E-state index contributed by atoms with van der Waals surface area (Å²) in [7, 11) is 0. The first-order valence-corrected chi connectivity index (χ1v) is 11.5. The number of hydrogen-bond acceptors (Lipinski definition) is 8. The van der Waals surface area contributed by atoms with Crippen LogP contribution in [0.1, 0.15) is 29.3 Å². The Balaban J connectivity index is 1.43. The van der Waals surface area contributed by atoms with Crippen LogP contribution in [-0.4, -0.2) is 26.5 Å². The lowest BCUT2D eigenvalue weighted by molar-refractivity contribution is -0.113. The van der Waals surface area contributed by atoms with Gasteiger partial charge in [0.15, 0.2) is 5.82 Å². The van der Waals surface area contributed by atoms with Crippen LogP contribution >= 0.6 is 34.4 Å². The molecule has 28 heavy (non-hydrogen) atoms. The van der Waals surface area contributed by atoms with Crippen molar-refractivity contribution >= 4 is 45.3 Å². The number of nitrogens with one attached hydrogen (secondary N) is 1. The molecule has 0 unspecified atom stereocenters. The number of thioether (sulfide) groups is 1. The summed E-state index contributed by atoms with van der Waals surface area (Å²) in [5.41, 5.74) is 1.73. The van der Waals surface area contributed by atoms with Gasteiger partial charge in [0, 0.05) is 4.88 Å². The zero-order valence-electron chi connectivity index (χ0n) is 15.1. The van der Waals surface area contributed by atoms with Gasteiger partial charge in [-0.3, -0.25) is 4.79 Å². The molecule has 3 N–H and O–H groups in total. The van der Waals surface area contributed by atoms with Crippen LogP contribution in [0.15, 0.2) is 22.7 Å². The molecule has 0 aromatic carbocycles. The normalized spacial score (nSPS) is 15.8. The summed E-state index contributed by atoms with van der Waals surface area (Å²) in [6.45, 7) is 2.22. The number of hydrogen-bond donors (Lipinski definition) is 2. The van der Waals surface area contributed by atoms with E-state index in [0.717, 1.165) is 29.7 Å². The van der Waals surface area contributed by atoms with Crippen LogP contribution in [0.3, 0.4) is 0 Å². The summed E-state index contributed by atoms with van der Waals surface area (Å²) in [6, 6.07) is 6.11. The van der Waals surface area contributed by atoms with Gasteiger partial charge in [-0.05, 0) is 42.2 Å². The van der Waals surface area contributed by atoms with Crippen molar-refractivity contribution < 1.29 is 4.79 Å². The van der Waals surface area contributed by atoms with E-state index in [4.69, 9.17) is 5.84 Å². The number of nitrogen functional groups attached to an aromatic ring is 1. The van der Waals surface area contributed by atoms with Crippen LogP contribution in [0, 0.1) is 17.2 Å². The van der Waals surface area contributed by atoms with Gasteiger partial charge in [-0.25, -0.2) is 4.68 Å². The lowest BCUT2D eigenvalue weighted by atomic mass is 9.89. The molecule has 3 aromatic heterocycles. The van der Waals surface area contributed by atoms with Crippen molar-refractivity contribution in [2.45, 2.75) is 31.3 Å². The van der Waals surface area contributed by atoms with Gasteiger partial charge in [-0.1, -0.05) is 24.8 Å². The van der Waals surface area contributed by atoms with Crippen LogP contribution in [0.4, 0.5) is 5.00 Å². The standard InChI is InChI=1S/C18H18N6OS3/c1-10-4-5-11-12(8-19)17(28-14(11)7-10)21-15(25)9-27-18-23-22-16(24(18)20)13-3-2-6-26-13/h2-3,6,10H,4-5,7,9,20H2,1H3,(H,21,25)/t10-/m0/s1. The number of carbonyl (C=O) groups is 1. The Kier molecular flexibility index (Phi) is 5.39. The maximum Gasteiger partial charge on any atom is 0.235 e. The Labute approximate surface area is 174 Å². The van der Waals surface area contributed by atoms with Crippen molar-refractivity contribution in [2.24, 2.45) is 5.92 Å². The van der Waals surface area contributed by atoms with E-state index in [1.54, 1.807) is 0 Å². The molecule has 7 nitrogen and oxygen atoms in total. The van der Waals surface area contributed by atoms with E-state index in [9.17, 15) is 10.1 Å². The van der Waals surface area contributed by atoms with E-state index in [2.05, 4.69) is 28.5 Å². The second-order valence-corrected chi connectivity index (χ2v) is 9.65. The van der Waals surface area contributed by atoms with Crippen LogP contribution in [-0.2, 0) is 17.6 Å². The van der Waals surface area contributed by atoms with Gasteiger partial charge in [0.2, 0.25) is 11.1 Å². The number of thiophene rings is 2. The molecular formula is C18H18N6OS3. The zero-order valence-corrected chi connectivity index (χ0v) is 17.6. The number of rotatable bonds is 5. The number of carbonyl (C=O) groups excluding carboxylic acids is 1. The third kappa shape index (κ3) is 3.65. The predicted molar refractivity (Wildman–Crippen MR) is 113 cm³/mol. The Morgan fingerprint density at radius 1 is 1.54 bits per heavy atom. The lowest BCUT2D eigenvalue weighted by Gasteiger charge is -2.17. The van der Waals surface area contributed by atoms with Crippen molar-refractivity contribution in [1.29, 1.82) is 5.26 Å². The summed E-state index contributed by atoms with van der Waals surface area (Å²) < 4.78 is 1.40. The molecule has 0 bridgehead atoms. The summed E-state index contributed by atoms with van der Waals surface area (Å²) >= 11 is 4.27. The van der Waals surface area contributed by atoms with Crippen molar-refractivity contribution in [3.8, 4) is 16.8 Å². The lowest BCUT2D eigenvalue weighted by Crippen LogP contribution is -2.16. The average Bonchev–Trinajstić information content (AvgIpc) is 3.38. The molecular weight excluding hydrogens is 412 g/mol. The van der Waals surface area contributed by atoms with E-state index < -0.39 is 0 Å². The number of fused-ring (bicyclic) bond motifs is 1. The zero-order chi connectivity index (χ0) is 19.7. The van der Waals surface area contributed by atoms with E-state index in [0.29, 0.717) is 27.5 Å². The van der Waals surface area contributed by atoms with Crippen molar-refractivity contribution in [2.75, 3.05) is 16.9 Å². The predicted octanol–water partition coefficient (Wildman–Crippen LogP) is 3.51. The Morgan fingerprint density at radius 3 is 3.14 bits per heavy atom. The molecule has 0 aliphatic heterocycles. The summed E-state index contributed by atoms with van der Waals surface area (Å²) in [5.74, 6) is 7.21. The summed E-state index contributed by atoms with van der Waals surface area (Å²) in [5, 5.41) is 23.7. The molecule has 0 saturated heterocycles. The fourth-order valence-electron chi connectivity index (χ4n) is 3.20. The first-order valence-electron chi connectivity index (χ1n) is 8.78. The third-order valence-electron chi connectivity index (χ3n) is 4.61. The van der Waals surface area contributed by atoms with E-state index in [-0.39, 0.29) is 11.7 Å². The third-order valence-corrected chi connectivity index (χ3v) is 7.59. The van der Waals surface area contributed by atoms with Gasteiger partial charge in [0.25, 0.3) is 0 Å². The van der Waals surface area contributed by atoms with Crippen LogP contribution < -0.4 is 11.2 Å². The summed E-state index contributed by atoms with van der Waals surface area (Å²) in [4.78, 5) is 14.6. The molecule has 144 valence electrons. The van der Waals surface area contributed by atoms with Crippen LogP contribution in [0.2, 0.25) is 0 Å². The first kappa shape index (κ1) is 19.0. The molecule has 1 aliphatic rings. The molecule has 0 saturated carbocycles. The number of nitriles is 1. The number of nitrogens with zero attached hydrogens (tertiary/aromatic N) is 4. The van der Waals surface area contributed by atoms with Gasteiger partial charge in [0.05, 0.1) is 16.2 Å². The topological polar surface area (TPSA) is 110 Å². The van der Waals surface area contributed by atoms with Crippen LogP contribution in [0.5, 0.6) is 0 Å². The highest BCUT2D eigenvalue weighted by Crippen LogP contribution is 2.39. The maximum atomic E-state index is 12.4. The molecule has 0 fully saturated rings. The number of aromatic nitrogens is 3. The van der Waals surface area contributed by atoms with Gasteiger partial charge in [-0.2, -0.15) is 5.26 Å². The maximum absolute atomic E-state index is 12.4. The van der Waals surface area contributed by atoms with E-state index >= 15 is 0 Å². The van der Waals surface area contributed by atoms with Crippen molar-refractivity contribution in [1.82, 2.24) is 14.9 Å². The fourth-order valence-corrected chi connectivity index (χ4v) is 5.94. The quantitative estimate of drug-likeness (QED) is 0.473. The summed E-state index contributed by atoms with van der Waals surface area (Å²) in [6.07, 6.45) is 2.96. The smallest absolute Gasteiger partial charge is 0.235 e. The highest BCUT2D eigenvalue weighted by molar-refractivity contribution is 7.99. The molecule has 3 aromatic rings. The Morgan fingerprint density at radius 2 is 2.39 bits per heavy atom. The van der Waals surface area contributed by atoms with Crippen molar-refractivity contribution in [3.05, 3.63) is 33.5 Å². The van der Waals surface area contributed by atoms with Crippen molar-refractivity contribution in [3.63, 3.8) is 0 Å².